The Balaban J connectivity index is 1.44. The van der Waals surface area contributed by atoms with Gasteiger partial charge in [-0.25, -0.2) is 23.4 Å². The van der Waals surface area contributed by atoms with Crippen molar-refractivity contribution >= 4 is 15.8 Å². The van der Waals surface area contributed by atoms with Gasteiger partial charge < -0.3 is 9.64 Å². The Bertz CT molecular complexity index is 1270. The fraction of sp³-hybridized carbons (Fsp3) is 0.375. The first kappa shape index (κ1) is 25.8. The molecule has 2 heterocycles. The van der Waals surface area contributed by atoms with Gasteiger partial charge in [-0.2, -0.15) is 13.2 Å². The monoisotopic (exact) mass is 521 g/mol. The number of pyridine rings is 1. The van der Waals surface area contributed by atoms with Crippen LogP contribution in [0.15, 0.2) is 66.1 Å². The summed E-state index contributed by atoms with van der Waals surface area (Å²) in [6.45, 7) is 0. The number of alkyl halides is 3. The number of aromatic nitrogens is 3. The Hall–Kier alpha value is -3.25. The molecule has 0 spiro atoms. The Labute approximate surface area is 207 Å². The molecule has 8 nitrogen and oxygen atoms in total. The number of hydrogen-bond donors (Lipinski definition) is 1. The number of halogens is 3. The summed E-state index contributed by atoms with van der Waals surface area (Å²) in [6, 6.07) is 9.75. The molecule has 36 heavy (non-hydrogen) atoms. The highest BCUT2D eigenvalue weighted by Gasteiger charge is 2.36. The predicted octanol–water partition coefficient (Wildman–Crippen LogP) is 4.34. The molecule has 4 rings (SSSR count). The molecule has 12 heteroatoms. The van der Waals surface area contributed by atoms with E-state index in [1.54, 1.807) is 6.07 Å². The molecule has 0 aliphatic heterocycles. The molecule has 0 radical (unpaired) electrons. The first-order valence-corrected chi connectivity index (χ1v) is 12.8. The molecule has 3 unspecified atom stereocenters. The number of sulfonamides is 1. The number of nitrogens with zero attached hydrogens (tertiary/aromatic N) is 4. The van der Waals surface area contributed by atoms with Crippen molar-refractivity contribution in [3.63, 3.8) is 0 Å². The lowest BCUT2D eigenvalue weighted by Crippen LogP contribution is -2.46. The average molecular weight is 522 g/mol. The summed E-state index contributed by atoms with van der Waals surface area (Å²) in [5, 5.41) is 0. The number of likely N-dealkylation sites (N-methyl/N-ethyl adjacent to an activating group) is 1. The molecule has 3 aromatic rings. The zero-order valence-corrected chi connectivity index (χ0v) is 20.5. The van der Waals surface area contributed by atoms with Crippen LogP contribution in [-0.4, -0.2) is 54.5 Å². The third kappa shape index (κ3) is 6.11. The van der Waals surface area contributed by atoms with Gasteiger partial charge in [-0.15, -0.1) is 0 Å². The summed E-state index contributed by atoms with van der Waals surface area (Å²) in [5.41, 5.74) is 0.0206. The van der Waals surface area contributed by atoms with E-state index in [0.29, 0.717) is 24.8 Å². The molecule has 0 amide bonds. The fourth-order valence-corrected chi connectivity index (χ4v) is 5.32. The smallest absolute Gasteiger partial charge is 0.416 e. The summed E-state index contributed by atoms with van der Waals surface area (Å²) in [5.74, 6) is 0.370. The molecule has 2 aromatic heterocycles. The molecule has 1 aliphatic carbocycles. The second-order valence-electron chi connectivity index (χ2n) is 8.85. The molecular weight excluding hydrogens is 495 g/mol. The Morgan fingerprint density at radius 1 is 1.08 bits per heavy atom. The fourth-order valence-electron chi connectivity index (χ4n) is 4.37. The van der Waals surface area contributed by atoms with Crippen molar-refractivity contribution in [3.8, 4) is 5.88 Å². The lowest BCUT2D eigenvalue weighted by Gasteiger charge is -2.39. The van der Waals surface area contributed by atoms with Crippen molar-refractivity contribution in [2.75, 3.05) is 18.8 Å². The van der Waals surface area contributed by atoms with Gasteiger partial charge in [-0.1, -0.05) is 18.2 Å². The highest BCUT2D eigenvalue weighted by molar-refractivity contribution is 7.92. The van der Waals surface area contributed by atoms with Gasteiger partial charge in [-0.05, 0) is 63.0 Å². The highest BCUT2D eigenvalue weighted by atomic mass is 32.2. The maximum atomic E-state index is 13.2. The van der Waals surface area contributed by atoms with Crippen LogP contribution in [0.5, 0.6) is 5.88 Å². The van der Waals surface area contributed by atoms with Crippen molar-refractivity contribution in [2.45, 2.75) is 48.4 Å². The van der Waals surface area contributed by atoms with E-state index in [0.717, 1.165) is 6.07 Å². The van der Waals surface area contributed by atoms with Crippen molar-refractivity contribution in [1.82, 2.24) is 19.9 Å². The molecular formula is C24H26F3N5O3S. The van der Waals surface area contributed by atoms with Gasteiger partial charge in [0.05, 0.1) is 11.8 Å². The second kappa shape index (κ2) is 10.4. The lowest BCUT2D eigenvalue weighted by molar-refractivity contribution is -0.137. The van der Waals surface area contributed by atoms with Gasteiger partial charge in [0.25, 0.3) is 10.0 Å². The van der Waals surface area contributed by atoms with E-state index in [4.69, 9.17) is 4.74 Å². The van der Waals surface area contributed by atoms with Crippen LogP contribution < -0.4 is 9.46 Å². The predicted molar refractivity (Wildman–Crippen MR) is 127 cm³/mol. The number of nitrogens with one attached hydrogen (secondary N) is 1. The van der Waals surface area contributed by atoms with Crippen LogP contribution in [0.2, 0.25) is 0 Å². The second-order valence-corrected chi connectivity index (χ2v) is 10.5. The van der Waals surface area contributed by atoms with Gasteiger partial charge >= 0.3 is 6.18 Å². The Kier molecular flexibility index (Phi) is 7.46. The van der Waals surface area contributed by atoms with Crippen LogP contribution in [0.1, 0.15) is 36.3 Å². The number of ether oxygens (including phenoxy) is 1. The van der Waals surface area contributed by atoms with Crippen LogP contribution >= 0.6 is 0 Å². The van der Waals surface area contributed by atoms with Crippen molar-refractivity contribution in [3.05, 3.63) is 72.3 Å². The minimum absolute atomic E-state index is 0.0344. The van der Waals surface area contributed by atoms with Crippen LogP contribution in [0.25, 0.3) is 0 Å². The van der Waals surface area contributed by atoms with Crippen molar-refractivity contribution in [1.29, 1.82) is 0 Å². The van der Waals surface area contributed by atoms with Crippen LogP contribution in [-0.2, 0) is 16.2 Å². The van der Waals surface area contributed by atoms with Gasteiger partial charge in [0.2, 0.25) is 5.88 Å². The molecule has 1 N–H and O–H groups in total. The summed E-state index contributed by atoms with van der Waals surface area (Å²) >= 11 is 0. The molecule has 1 fully saturated rings. The number of anilines is 1. The highest BCUT2D eigenvalue weighted by Crippen LogP contribution is 2.38. The van der Waals surface area contributed by atoms with Gasteiger partial charge in [0.15, 0.2) is 0 Å². The zero-order valence-electron chi connectivity index (χ0n) is 19.7. The Morgan fingerprint density at radius 2 is 1.89 bits per heavy atom. The maximum absolute atomic E-state index is 13.2. The standard InChI is InChI=1S/C24H26F3N5O3S/c1-32(2)20-13-17(16-4-3-5-18(12-16)24(25,26)27)6-8-21(20)35-23-9-7-19(14-29-23)36(33,34)31-22-10-11-28-15-30-22/h3-5,7,9-12,14-15,17,20-21H,6,8,13H2,1-2H3,(H,28,30,31). The largest absolute Gasteiger partial charge is 0.473 e. The topological polar surface area (TPSA) is 97.3 Å². The maximum Gasteiger partial charge on any atom is 0.416 e. The van der Waals surface area contributed by atoms with Crippen molar-refractivity contribution < 1.29 is 26.3 Å². The molecule has 1 aromatic carbocycles. The molecule has 0 saturated heterocycles. The van der Waals surface area contributed by atoms with Crippen LogP contribution in [0, 0.1) is 0 Å². The van der Waals surface area contributed by atoms with E-state index >= 15 is 0 Å². The van der Waals surface area contributed by atoms with Gasteiger partial charge in [0.1, 0.15) is 23.1 Å². The lowest BCUT2D eigenvalue weighted by atomic mass is 9.79. The van der Waals surface area contributed by atoms with Gasteiger partial charge in [0, 0.05) is 18.3 Å². The van der Waals surface area contributed by atoms with E-state index in [-0.39, 0.29) is 34.7 Å². The summed E-state index contributed by atoms with van der Waals surface area (Å²) in [7, 11) is -0.0855. The third-order valence-corrected chi connectivity index (χ3v) is 7.56. The molecule has 192 valence electrons. The van der Waals surface area contributed by atoms with Crippen molar-refractivity contribution in [2.24, 2.45) is 0 Å². The quantitative estimate of drug-likeness (QED) is 0.494. The van der Waals surface area contributed by atoms with E-state index in [1.165, 1.54) is 49.1 Å². The molecule has 1 saturated carbocycles. The normalized spacial score (nSPS) is 20.8. The first-order chi connectivity index (χ1) is 17.0. The SMILES string of the molecule is CN(C)C1CC(c2cccc(C(F)(F)F)c2)CCC1Oc1ccc(S(=O)(=O)Nc2ccncn2)cn1. The van der Waals surface area contributed by atoms with Gasteiger partial charge in [-0.3, -0.25) is 4.72 Å². The minimum atomic E-state index is -4.38. The summed E-state index contributed by atoms with van der Waals surface area (Å²) < 4.78 is 73.1. The molecule has 1 aliphatic rings. The number of hydrogen-bond acceptors (Lipinski definition) is 7. The van der Waals surface area contributed by atoms with Crippen LogP contribution in [0.3, 0.4) is 0 Å². The van der Waals surface area contributed by atoms with E-state index in [1.807, 2.05) is 19.0 Å². The third-order valence-electron chi connectivity index (χ3n) is 6.22. The average Bonchev–Trinajstić information content (AvgIpc) is 2.84. The van der Waals surface area contributed by atoms with E-state index in [2.05, 4.69) is 19.7 Å². The van der Waals surface area contributed by atoms with E-state index < -0.39 is 21.8 Å². The Morgan fingerprint density at radius 3 is 2.53 bits per heavy atom. The minimum Gasteiger partial charge on any atom is -0.473 e. The zero-order chi connectivity index (χ0) is 25.9. The first-order valence-electron chi connectivity index (χ1n) is 11.3. The van der Waals surface area contributed by atoms with Crippen LogP contribution in [0.4, 0.5) is 19.0 Å². The summed E-state index contributed by atoms with van der Waals surface area (Å²) in [6.07, 6.45) is 1.11. The summed E-state index contributed by atoms with van der Waals surface area (Å²) in [4.78, 5) is 13.7. The number of benzene rings is 1. The molecule has 3 atom stereocenters. The van der Waals surface area contributed by atoms with E-state index in [9.17, 15) is 21.6 Å². The molecule has 0 bridgehead atoms. The number of rotatable bonds is 7.